The van der Waals surface area contributed by atoms with E-state index in [4.69, 9.17) is 6.42 Å². The summed E-state index contributed by atoms with van der Waals surface area (Å²) in [5, 5.41) is 0. The molecule has 0 radical (unpaired) electrons. The Morgan fingerprint density at radius 3 is 2.08 bits per heavy atom. The summed E-state index contributed by atoms with van der Waals surface area (Å²) >= 11 is 0. The van der Waals surface area contributed by atoms with Crippen LogP contribution in [0.5, 0.6) is 0 Å². The van der Waals surface area contributed by atoms with Gasteiger partial charge in [0.2, 0.25) is 0 Å². The highest BCUT2D eigenvalue weighted by Gasteiger charge is 1.80. The van der Waals surface area contributed by atoms with Gasteiger partial charge in [0, 0.05) is 0 Å². The molecule has 0 rings (SSSR count). The monoisotopic (exact) mass is 166 g/mol. The molecule has 0 aliphatic heterocycles. The van der Waals surface area contributed by atoms with E-state index in [2.05, 4.69) is 25.8 Å². The average Bonchev–Trinajstić information content (AvgIpc) is 1.99. The summed E-state index contributed by atoms with van der Waals surface area (Å²) < 4.78 is 0. The van der Waals surface area contributed by atoms with Crippen molar-refractivity contribution in [3.05, 3.63) is 23.3 Å². The minimum absolute atomic E-state index is 0. The zero-order valence-corrected chi connectivity index (χ0v) is 6.94. The summed E-state index contributed by atoms with van der Waals surface area (Å²) in [4.78, 5) is 0. The van der Waals surface area contributed by atoms with Gasteiger partial charge in [0.05, 0.1) is 0 Å². The standard InChI is InChI=1S/C10H14.2CH4/c1-5-9(3)7-8-10(4)6-2;;/h1,7-8H,6H2,2-4H3;2*1H4/b9-7-,10-8-;;. The van der Waals surface area contributed by atoms with E-state index in [9.17, 15) is 0 Å². The molecule has 0 spiro atoms. The number of hydrogen-bond donors (Lipinski definition) is 0. The maximum absolute atomic E-state index is 5.15. The van der Waals surface area contributed by atoms with Crippen LogP contribution >= 0.6 is 0 Å². The van der Waals surface area contributed by atoms with E-state index in [-0.39, 0.29) is 14.9 Å². The van der Waals surface area contributed by atoms with E-state index in [1.807, 2.05) is 13.0 Å². The van der Waals surface area contributed by atoms with Crippen molar-refractivity contribution >= 4 is 0 Å². The van der Waals surface area contributed by atoms with Crippen LogP contribution in [0, 0.1) is 12.3 Å². The van der Waals surface area contributed by atoms with Gasteiger partial charge in [0.25, 0.3) is 0 Å². The summed E-state index contributed by atoms with van der Waals surface area (Å²) in [6.07, 6.45) is 10.3. The first-order chi connectivity index (χ1) is 4.70. The molecule has 0 aliphatic rings. The molecule has 0 heterocycles. The summed E-state index contributed by atoms with van der Waals surface area (Å²) in [6, 6.07) is 0. The molecule has 0 heteroatoms. The van der Waals surface area contributed by atoms with Crippen LogP contribution in [0.25, 0.3) is 0 Å². The fourth-order valence-corrected chi connectivity index (χ4v) is 0.433. The molecular formula is C12H22. The molecule has 0 aliphatic carbocycles. The second-order valence-corrected chi connectivity index (χ2v) is 2.36. The van der Waals surface area contributed by atoms with Crippen molar-refractivity contribution < 1.29 is 0 Å². The van der Waals surface area contributed by atoms with Crippen LogP contribution in [0.3, 0.4) is 0 Å². The largest absolute Gasteiger partial charge is 0.115 e. The second-order valence-electron chi connectivity index (χ2n) is 2.36. The molecule has 0 atom stereocenters. The van der Waals surface area contributed by atoms with Gasteiger partial charge in [-0.1, -0.05) is 45.4 Å². The van der Waals surface area contributed by atoms with E-state index in [1.165, 1.54) is 5.57 Å². The lowest BCUT2D eigenvalue weighted by Crippen LogP contribution is -1.70. The quantitative estimate of drug-likeness (QED) is 0.426. The molecule has 0 amide bonds. The van der Waals surface area contributed by atoms with Gasteiger partial charge >= 0.3 is 0 Å². The van der Waals surface area contributed by atoms with Crippen LogP contribution in [-0.2, 0) is 0 Å². The van der Waals surface area contributed by atoms with Crippen molar-refractivity contribution in [1.82, 2.24) is 0 Å². The fraction of sp³-hybridized carbons (Fsp3) is 0.500. The minimum Gasteiger partial charge on any atom is -0.115 e. The Balaban J connectivity index is -0.000000405. The third-order valence-electron chi connectivity index (χ3n) is 1.40. The lowest BCUT2D eigenvalue weighted by Gasteiger charge is -1.89. The normalized spacial score (nSPS) is 10.8. The number of allylic oxidation sites excluding steroid dienone is 4. The van der Waals surface area contributed by atoms with E-state index >= 15 is 0 Å². The molecule has 0 aromatic rings. The predicted octanol–water partition coefficient (Wildman–Crippen LogP) is 4.19. The summed E-state index contributed by atoms with van der Waals surface area (Å²) in [6.45, 7) is 6.16. The average molecular weight is 166 g/mol. The van der Waals surface area contributed by atoms with Crippen LogP contribution in [0.1, 0.15) is 42.0 Å². The Morgan fingerprint density at radius 1 is 1.25 bits per heavy atom. The molecule has 0 saturated carbocycles. The van der Waals surface area contributed by atoms with Gasteiger partial charge in [0.1, 0.15) is 0 Å². The van der Waals surface area contributed by atoms with Crippen LogP contribution < -0.4 is 0 Å². The Labute approximate surface area is 78.4 Å². The van der Waals surface area contributed by atoms with E-state index in [0.29, 0.717) is 0 Å². The fourth-order valence-electron chi connectivity index (χ4n) is 0.433. The van der Waals surface area contributed by atoms with Gasteiger partial charge in [-0.3, -0.25) is 0 Å². The van der Waals surface area contributed by atoms with Crippen molar-refractivity contribution in [3.8, 4) is 12.3 Å². The first kappa shape index (κ1) is 17.2. The summed E-state index contributed by atoms with van der Waals surface area (Å²) in [7, 11) is 0. The van der Waals surface area contributed by atoms with Gasteiger partial charge in [-0.2, -0.15) is 0 Å². The maximum atomic E-state index is 5.15. The molecule has 0 saturated heterocycles. The molecule has 0 nitrogen and oxygen atoms in total. The molecule has 0 aromatic heterocycles. The van der Waals surface area contributed by atoms with Crippen molar-refractivity contribution in [3.63, 3.8) is 0 Å². The summed E-state index contributed by atoms with van der Waals surface area (Å²) in [5.41, 5.74) is 2.34. The van der Waals surface area contributed by atoms with Crippen molar-refractivity contribution in [2.75, 3.05) is 0 Å². The SMILES string of the molecule is C.C.C#C/C(C)=C\C=C(\C)CC. The van der Waals surface area contributed by atoms with Crippen molar-refractivity contribution in [1.29, 1.82) is 0 Å². The molecular weight excluding hydrogens is 144 g/mol. The topological polar surface area (TPSA) is 0 Å². The number of hydrogen-bond acceptors (Lipinski definition) is 0. The highest BCUT2D eigenvalue weighted by Crippen LogP contribution is 1.99. The maximum Gasteiger partial charge on any atom is -0.00135 e. The van der Waals surface area contributed by atoms with Gasteiger partial charge in [0.15, 0.2) is 0 Å². The third-order valence-corrected chi connectivity index (χ3v) is 1.40. The third kappa shape index (κ3) is 9.04. The van der Waals surface area contributed by atoms with Gasteiger partial charge in [-0.15, -0.1) is 6.42 Å². The van der Waals surface area contributed by atoms with Crippen LogP contribution in [0.4, 0.5) is 0 Å². The molecule has 12 heavy (non-hydrogen) atoms. The molecule has 0 N–H and O–H groups in total. The van der Waals surface area contributed by atoms with Crippen molar-refractivity contribution in [2.45, 2.75) is 42.0 Å². The zero-order valence-electron chi connectivity index (χ0n) is 6.94. The molecule has 70 valence electrons. The Hall–Kier alpha value is -0.960. The highest BCUT2D eigenvalue weighted by atomic mass is 13.9. The molecule has 0 aromatic carbocycles. The molecule has 0 fully saturated rings. The van der Waals surface area contributed by atoms with Crippen LogP contribution in [0.15, 0.2) is 23.3 Å². The molecule has 0 bridgehead atoms. The smallest absolute Gasteiger partial charge is 0.00135 e. The Bertz CT molecular complexity index is 187. The van der Waals surface area contributed by atoms with Gasteiger partial charge in [-0.05, 0) is 25.8 Å². The number of terminal acetylenes is 1. The van der Waals surface area contributed by atoms with E-state index in [1.54, 1.807) is 0 Å². The first-order valence-electron chi connectivity index (χ1n) is 3.51. The Kier molecular flexibility index (Phi) is 14.4. The number of rotatable bonds is 2. The first-order valence-corrected chi connectivity index (χ1v) is 3.51. The van der Waals surface area contributed by atoms with Crippen LogP contribution in [0.2, 0.25) is 0 Å². The van der Waals surface area contributed by atoms with Gasteiger partial charge in [-0.25, -0.2) is 0 Å². The predicted molar refractivity (Wildman–Crippen MR) is 60.1 cm³/mol. The zero-order chi connectivity index (χ0) is 7.98. The Morgan fingerprint density at radius 2 is 1.75 bits per heavy atom. The van der Waals surface area contributed by atoms with E-state index < -0.39 is 0 Å². The minimum atomic E-state index is 0. The summed E-state index contributed by atoms with van der Waals surface area (Å²) in [5.74, 6) is 2.56. The molecule has 0 unspecified atom stereocenters. The second kappa shape index (κ2) is 10.0. The van der Waals surface area contributed by atoms with Gasteiger partial charge < -0.3 is 0 Å². The van der Waals surface area contributed by atoms with Crippen LogP contribution in [-0.4, -0.2) is 0 Å². The van der Waals surface area contributed by atoms with Crippen molar-refractivity contribution in [2.24, 2.45) is 0 Å². The highest BCUT2D eigenvalue weighted by molar-refractivity contribution is 5.28. The van der Waals surface area contributed by atoms with E-state index in [0.717, 1.165) is 12.0 Å². The lowest BCUT2D eigenvalue weighted by molar-refractivity contribution is 1.10. The lowest BCUT2D eigenvalue weighted by atomic mass is 10.2.